The Morgan fingerprint density at radius 3 is 2.50 bits per heavy atom. The number of fused-ring (bicyclic) bond motifs is 1. The molecule has 0 bridgehead atoms. The second-order valence-electron chi connectivity index (χ2n) is 8.71. The van der Waals surface area contributed by atoms with E-state index in [1.165, 1.54) is 12.3 Å². The second-order valence-corrected chi connectivity index (χ2v) is 9.99. The van der Waals surface area contributed by atoms with Crippen molar-refractivity contribution in [2.75, 3.05) is 25.8 Å². The molecule has 232 valence electrons. The third kappa shape index (κ3) is 10.5. The number of nitrogens with one attached hydrogen (secondary N) is 1. The lowest BCUT2D eigenvalue weighted by atomic mass is 10.1. The van der Waals surface area contributed by atoms with Gasteiger partial charge in [-0.2, -0.15) is 4.98 Å². The number of benzene rings is 2. The van der Waals surface area contributed by atoms with Crippen molar-refractivity contribution >= 4 is 31.1 Å². The summed E-state index contributed by atoms with van der Waals surface area (Å²) in [6.45, 7) is 4.85. The van der Waals surface area contributed by atoms with E-state index in [4.69, 9.17) is 24.3 Å². The highest BCUT2D eigenvalue weighted by Gasteiger charge is 2.51. The molecule has 1 fully saturated rings. The second kappa shape index (κ2) is 17.0. The summed E-state index contributed by atoms with van der Waals surface area (Å²) >= 11 is 0. The zero-order chi connectivity index (χ0) is 31.3. The third-order valence-corrected chi connectivity index (χ3v) is 6.55. The van der Waals surface area contributed by atoms with Crippen LogP contribution in [0.5, 0.6) is 5.75 Å². The van der Waals surface area contributed by atoms with Crippen molar-refractivity contribution in [1.82, 2.24) is 14.6 Å². The molecule has 1 aromatic heterocycles. The number of carbonyl (C=O) groups excluding carboxylic acids is 1. The Balaban J connectivity index is 0.00000116. The van der Waals surface area contributed by atoms with Crippen molar-refractivity contribution < 1.29 is 40.9 Å². The topological polar surface area (TPSA) is 127 Å². The molecular formula is C27H35F4N4O6P. The average molecular weight is 619 g/mol. The summed E-state index contributed by atoms with van der Waals surface area (Å²) in [4.78, 5) is 27.7. The minimum Gasteiger partial charge on any atom is -0.462 e. The van der Waals surface area contributed by atoms with Crippen LogP contribution in [0, 0.1) is 0 Å². The molecule has 1 aliphatic heterocycles. The number of nitrogens with zero attached hydrogens (tertiary/aromatic N) is 2. The van der Waals surface area contributed by atoms with Crippen molar-refractivity contribution in [3.05, 3.63) is 65.2 Å². The predicted molar refractivity (Wildman–Crippen MR) is 151 cm³/mol. The van der Waals surface area contributed by atoms with Crippen LogP contribution in [0.2, 0.25) is 0 Å². The Kier molecular flexibility index (Phi) is 14.1. The molecule has 3 atom stereocenters. The number of anilines is 1. The molecule has 1 aliphatic rings. The highest BCUT2D eigenvalue weighted by molar-refractivity contribution is 7.45. The van der Waals surface area contributed by atoms with Crippen molar-refractivity contribution in [3.63, 3.8) is 0 Å². The first-order chi connectivity index (χ1) is 20.0. The standard InChI is InChI=1S/C24H27F2N4O6P.C2H6.CH2F2/c1-15(2)34-22(31)13-28-37(36-18-8-7-16-5-3-4-6-17(16)11-18)33-14-19-24(25,26)12-21(35-19)30-10-9-20(27)29-23(30)32;1-2;2-1-3/h3-11,15,19,21,28H,12-14H2,1-2H3,(H2,27,29,32);1-2H3;1H2. The number of rotatable bonds is 10. The average Bonchev–Trinajstić information content (AvgIpc) is 3.24. The summed E-state index contributed by atoms with van der Waals surface area (Å²) in [7, 11) is -2.05. The normalized spacial score (nSPS) is 17.9. The number of hydrogen-bond donors (Lipinski definition) is 2. The summed E-state index contributed by atoms with van der Waals surface area (Å²) in [6.07, 6.45) is -2.73. The van der Waals surface area contributed by atoms with Crippen LogP contribution in [0.25, 0.3) is 10.8 Å². The molecular weight excluding hydrogens is 583 g/mol. The van der Waals surface area contributed by atoms with E-state index >= 15 is 0 Å². The molecule has 2 heterocycles. The van der Waals surface area contributed by atoms with E-state index in [2.05, 4.69) is 10.1 Å². The Bertz CT molecular complexity index is 1330. The zero-order valence-corrected chi connectivity index (χ0v) is 24.5. The Morgan fingerprint density at radius 2 is 1.86 bits per heavy atom. The zero-order valence-electron chi connectivity index (χ0n) is 23.6. The van der Waals surface area contributed by atoms with Gasteiger partial charge in [0.2, 0.25) is 6.93 Å². The molecule has 42 heavy (non-hydrogen) atoms. The molecule has 4 rings (SSSR count). The van der Waals surface area contributed by atoms with Gasteiger partial charge in [-0.05, 0) is 42.8 Å². The van der Waals surface area contributed by atoms with Crippen LogP contribution in [0.1, 0.15) is 40.3 Å². The molecule has 0 spiro atoms. The SMILES string of the molecule is CC.CC(C)OC(=O)CNP(OCC1OC(n2ccc(N)nc2=O)CC1(F)F)Oc1ccc2ccccc2c1.FCF. The van der Waals surface area contributed by atoms with Gasteiger partial charge in [-0.25, -0.2) is 27.4 Å². The fourth-order valence-corrected chi connectivity index (χ4v) is 4.71. The minimum atomic E-state index is -3.30. The lowest BCUT2D eigenvalue weighted by Crippen LogP contribution is -2.33. The summed E-state index contributed by atoms with van der Waals surface area (Å²) in [5.41, 5.74) is 4.68. The van der Waals surface area contributed by atoms with E-state index < -0.39 is 58.4 Å². The first-order valence-corrected chi connectivity index (χ1v) is 14.2. The molecule has 2 aromatic carbocycles. The maximum absolute atomic E-state index is 14.8. The van der Waals surface area contributed by atoms with Crippen LogP contribution in [-0.2, 0) is 18.8 Å². The van der Waals surface area contributed by atoms with Crippen LogP contribution in [0.3, 0.4) is 0 Å². The monoisotopic (exact) mass is 618 g/mol. The molecule has 3 unspecified atom stereocenters. The van der Waals surface area contributed by atoms with E-state index in [0.717, 1.165) is 15.3 Å². The van der Waals surface area contributed by atoms with Gasteiger partial charge in [-0.3, -0.25) is 9.36 Å². The van der Waals surface area contributed by atoms with Crippen LogP contribution in [0.4, 0.5) is 23.4 Å². The maximum atomic E-state index is 14.8. The van der Waals surface area contributed by atoms with Crippen LogP contribution in [-0.4, -0.2) is 53.7 Å². The van der Waals surface area contributed by atoms with Gasteiger partial charge in [0.05, 0.1) is 19.1 Å². The van der Waals surface area contributed by atoms with Gasteiger partial charge < -0.3 is 24.3 Å². The van der Waals surface area contributed by atoms with E-state index in [-0.39, 0.29) is 18.5 Å². The van der Waals surface area contributed by atoms with Gasteiger partial charge in [0.15, 0.2) is 0 Å². The summed E-state index contributed by atoms with van der Waals surface area (Å²) in [5, 5.41) is 4.70. The van der Waals surface area contributed by atoms with Gasteiger partial charge in [0.1, 0.15) is 30.4 Å². The third-order valence-electron chi connectivity index (χ3n) is 5.37. The molecule has 0 aliphatic carbocycles. The number of hydrogen-bond acceptors (Lipinski definition) is 9. The quantitative estimate of drug-likeness (QED) is 0.168. The molecule has 1 saturated heterocycles. The molecule has 15 heteroatoms. The summed E-state index contributed by atoms with van der Waals surface area (Å²) < 4.78 is 71.9. The maximum Gasteiger partial charge on any atom is 0.351 e. The summed E-state index contributed by atoms with van der Waals surface area (Å²) in [6, 6.07) is 14.3. The molecule has 3 aromatic rings. The van der Waals surface area contributed by atoms with Crippen molar-refractivity contribution in [1.29, 1.82) is 0 Å². The van der Waals surface area contributed by atoms with E-state index in [1.54, 1.807) is 26.0 Å². The first-order valence-electron chi connectivity index (χ1n) is 13.0. The predicted octanol–water partition coefficient (Wildman–Crippen LogP) is 5.67. The number of nitrogen functional groups attached to an aromatic ring is 1. The van der Waals surface area contributed by atoms with Crippen molar-refractivity contribution in [3.8, 4) is 5.75 Å². The first kappa shape index (κ1) is 34.9. The van der Waals surface area contributed by atoms with Crippen molar-refractivity contribution in [2.24, 2.45) is 0 Å². The minimum absolute atomic E-state index is 0.0237. The number of esters is 1. The number of nitrogens with two attached hydrogens (primary N) is 1. The number of halogens is 4. The van der Waals surface area contributed by atoms with Crippen LogP contribution < -0.4 is 21.0 Å². The van der Waals surface area contributed by atoms with Gasteiger partial charge in [-0.1, -0.05) is 44.2 Å². The van der Waals surface area contributed by atoms with Gasteiger partial charge in [-0.15, -0.1) is 0 Å². The van der Waals surface area contributed by atoms with Gasteiger partial charge in [0, 0.05) is 6.20 Å². The largest absolute Gasteiger partial charge is 0.462 e. The van der Waals surface area contributed by atoms with E-state index in [0.29, 0.717) is 5.75 Å². The lowest BCUT2D eigenvalue weighted by Gasteiger charge is -2.22. The van der Waals surface area contributed by atoms with Crippen LogP contribution in [0.15, 0.2) is 59.5 Å². The Labute approximate surface area is 242 Å². The fraction of sp³-hybridized carbons (Fsp3) is 0.444. The number of alkyl halides is 4. The number of carbonyl (C=O) groups is 1. The molecule has 10 nitrogen and oxygen atoms in total. The number of ether oxygens (including phenoxy) is 2. The highest BCUT2D eigenvalue weighted by atomic mass is 31.2. The fourth-order valence-electron chi connectivity index (χ4n) is 3.66. The van der Waals surface area contributed by atoms with E-state index in [9.17, 15) is 27.2 Å². The molecule has 3 N–H and O–H groups in total. The Morgan fingerprint density at radius 1 is 1.19 bits per heavy atom. The molecule has 0 amide bonds. The van der Waals surface area contributed by atoms with Gasteiger partial charge in [0.25, 0.3) is 5.92 Å². The summed E-state index contributed by atoms with van der Waals surface area (Å²) in [5.74, 6) is -3.45. The van der Waals surface area contributed by atoms with Crippen molar-refractivity contribution in [2.45, 2.75) is 58.5 Å². The smallest absolute Gasteiger partial charge is 0.351 e. The molecule has 0 radical (unpaired) electrons. The number of aromatic nitrogens is 2. The van der Waals surface area contributed by atoms with E-state index in [1.807, 2.05) is 44.2 Å². The molecule has 0 saturated carbocycles. The van der Waals surface area contributed by atoms with Gasteiger partial charge >= 0.3 is 20.2 Å². The van der Waals surface area contributed by atoms with Crippen LogP contribution >= 0.6 is 8.53 Å². The Hall–Kier alpha value is -3.32. The highest BCUT2D eigenvalue weighted by Crippen LogP contribution is 2.43. The lowest BCUT2D eigenvalue weighted by molar-refractivity contribution is -0.145.